The first kappa shape index (κ1) is 10.9. The lowest BCUT2D eigenvalue weighted by Gasteiger charge is -2.09. The van der Waals surface area contributed by atoms with Gasteiger partial charge in [0.1, 0.15) is 5.75 Å². The van der Waals surface area contributed by atoms with E-state index in [1.54, 1.807) is 12.4 Å². The fraction of sp³-hybridized carbons (Fsp3) is 0.444. The Morgan fingerprint density at radius 2 is 2.38 bits per heavy atom. The first-order chi connectivity index (χ1) is 6.22. The van der Waals surface area contributed by atoms with Crippen molar-refractivity contribution < 1.29 is 4.74 Å². The highest BCUT2D eigenvalue weighted by Gasteiger charge is 2.00. The molecule has 1 unspecified atom stereocenters. The number of hydrogen-bond acceptors (Lipinski definition) is 3. The second kappa shape index (κ2) is 5.50. The molecule has 0 saturated carbocycles. The highest BCUT2D eigenvalue weighted by Crippen LogP contribution is 2.16. The Balaban J connectivity index is 2.45. The van der Waals surface area contributed by atoms with E-state index in [-0.39, 0.29) is 0 Å². The minimum absolute atomic E-state index is 0.460. The lowest BCUT2D eigenvalue weighted by atomic mass is 10.2. The van der Waals surface area contributed by atoms with E-state index in [9.17, 15) is 0 Å². The lowest BCUT2D eigenvalue weighted by molar-refractivity contribution is 0.272. The zero-order valence-electron chi connectivity index (χ0n) is 7.40. The molecule has 4 heteroatoms. The molecule has 0 saturated heterocycles. The Morgan fingerprint density at radius 1 is 1.62 bits per heavy atom. The van der Waals surface area contributed by atoms with Gasteiger partial charge in [0.25, 0.3) is 0 Å². The van der Waals surface area contributed by atoms with Gasteiger partial charge in [0.2, 0.25) is 0 Å². The largest absolute Gasteiger partial charge is 0.492 e. The number of halogens is 1. The normalized spacial score (nSPS) is 12.5. The van der Waals surface area contributed by atoms with Gasteiger partial charge in [0, 0.05) is 10.7 Å². The molecular formula is C9H12BrNOS. The number of hydrogen-bond donors (Lipinski definition) is 1. The van der Waals surface area contributed by atoms with Crippen molar-refractivity contribution >= 4 is 28.6 Å². The second-order valence-corrected chi connectivity index (χ2v) is 4.22. The molecule has 0 aromatic carbocycles. The fourth-order valence-corrected chi connectivity index (χ4v) is 1.21. The summed E-state index contributed by atoms with van der Waals surface area (Å²) in [6.45, 7) is 2.78. The Morgan fingerprint density at radius 3 is 3.00 bits per heavy atom. The van der Waals surface area contributed by atoms with Crippen LogP contribution >= 0.6 is 28.6 Å². The first-order valence-electron chi connectivity index (χ1n) is 4.06. The van der Waals surface area contributed by atoms with Crippen molar-refractivity contribution in [2.45, 2.75) is 6.92 Å². The molecule has 0 N–H and O–H groups in total. The number of pyridine rings is 1. The van der Waals surface area contributed by atoms with Crippen LogP contribution in [-0.4, -0.2) is 17.3 Å². The molecule has 1 rings (SSSR count). The number of nitrogens with zero attached hydrogens (tertiary/aromatic N) is 1. The fourth-order valence-electron chi connectivity index (χ4n) is 0.762. The van der Waals surface area contributed by atoms with Crippen molar-refractivity contribution in [1.82, 2.24) is 4.98 Å². The van der Waals surface area contributed by atoms with Crippen molar-refractivity contribution in [1.29, 1.82) is 0 Å². The Hall–Kier alpha value is -0.220. The van der Waals surface area contributed by atoms with Crippen LogP contribution < -0.4 is 4.74 Å². The molecule has 0 amide bonds. The van der Waals surface area contributed by atoms with Crippen LogP contribution in [0.5, 0.6) is 5.75 Å². The predicted octanol–water partition coefficient (Wildman–Crippen LogP) is 2.79. The molecule has 72 valence electrons. The van der Waals surface area contributed by atoms with E-state index in [2.05, 4.69) is 40.5 Å². The Kier molecular flexibility index (Phi) is 4.59. The molecule has 0 aliphatic rings. The number of thiol groups is 1. The summed E-state index contributed by atoms with van der Waals surface area (Å²) in [7, 11) is 0. The minimum atomic E-state index is 0.460. The molecule has 13 heavy (non-hydrogen) atoms. The van der Waals surface area contributed by atoms with E-state index in [0.29, 0.717) is 12.5 Å². The molecule has 1 aromatic heterocycles. The maximum atomic E-state index is 5.50. The van der Waals surface area contributed by atoms with Gasteiger partial charge in [0.05, 0.1) is 12.8 Å². The number of rotatable bonds is 4. The van der Waals surface area contributed by atoms with Gasteiger partial charge in [-0.15, -0.1) is 0 Å². The summed E-state index contributed by atoms with van der Waals surface area (Å²) in [5, 5.41) is 0. The second-order valence-electron chi connectivity index (χ2n) is 2.94. The van der Waals surface area contributed by atoms with Crippen molar-refractivity contribution in [3.8, 4) is 5.75 Å². The van der Waals surface area contributed by atoms with Crippen molar-refractivity contribution in [3.63, 3.8) is 0 Å². The molecule has 2 nitrogen and oxygen atoms in total. The molecule has 0 spiro atoms. The van der Waals surface area contributed by atoms with E-state index in [4.69, 9.17) is 4.74 Å². The molecule has 0 bridgehead atoms. The summed E-state index contributed by atoms with van der Waals surface area (Å²) in [6, 6.07) is 1.90. The summed E-state index contributed by atoms with van der Waals surface area (Å²) in [5.41, 5.74) is 0. The smallest absolute Gasteiger partial charge is 0.138 e. The van der Waals surface area contributed by atoms with Crippen molar-refractivity contribution in [3.05, 3.63) is 22.9 Å². The number of ether oxygens (including phenoxy) is 1. The predicted molar refractivity (Wildman–Crippen MR) is 60.4 cm³/mol. The third-order valence-electron chi connectivity index (χ3n) is 1.53. The van der Waals surface area contributed by atoms with E-state index in [0.717, 1.165) is 16.0 Å². The van der Waals surface area contributed by atoms with Crippen LogP contribution in [0.4, 0.5) is 0 Å². The molecule has 0 aliphatic carbocycles. The molecule has 0 aliphatic heterocycles. The van der Waals surface area contributed by atoms with Gasteiger partial charge in [0.15, 0.2) is 0 Å². The maximum absolute atomic E-state index is 5.50. The first-order valence-corrected chi connectivity index (χ1v) is 5.49. The topological polar surface area (TPSA) is 22.1 Å². The SMILES string of the molecule is CC(CS)COc1cncc(Br)c1. The average Bonchev–Trinajstić information content (AvgIpc) is 2.14. The van der Waals surface area contributed by atoms with E-state index in [1.807, 2.05) is 6.07 Å². The lowest BCUT2D eigenvalue weighted by Crippen LogP contribution is -2.09. The van der Waals surface area contributed by atoms with Crippen LogP contribution in [0.15, 0.2) is 22.9 Å². The van der Waals surface area contributed by atoms with E-state index < -0.39 is 0 Å². The number of aromatic nitrogens is 1. The molecule has 1 heterocycles. The zero-order chi connectivity index (χ0) is 9.68. The molecular weight excluding hydrogens is 250 g/mol. The Labute approximate surface area is 92.2 Å². The summed E-state index contributed by atoms with van der Waals surface area (Å²) in [5.74, 6) is 2.09. The summed E-state index contributed by atoms with van der Waals surface area (Å²) in [6.07, 6.45) is 3.44. The maximum Gasteiger partial charge on any atom is 0.138 e. The third-order valence-corrected chi connectivity index (χ3v) is 2.58. The highest BCUT2D eigenvalue weighted by atomic mass is 79.9. The van der Waals surface area contributed by atoms with Gasteiger partial charge in [-0.1, -0.05) is 6.92 Å². The van der Waals surface area contributed by atoms with Gasteiger partial charge in [-0.05, 0) is 33.7 Å². The minimum Gasteiger partial charge on any atom is -0.492 e. The standard InChI is InChI=1S/C9H12BrNOS/c1-7(6-13)5-12-9-2-8(10)3-11-4-9/h2-4,7,13H,5-6H2,1H3. The Bertz CT molecular complexity index is 270. The highest BCUT2D eigenvalue weighted by molar-refractivity contribution is 9.10. The molecule has 1 aromatic rings. The van der Waals surface area contributed by atoms with Gasteiger partial charge in [-0.25, -0.2) is 0 Å². The molecule has 0 fully saturated rings. The molecule has 1 atom stereocenters. The van der Waals surface area contributed by atoms with E-state index in [1.165, 1.54) is 0 Å². The third kappa shape index (κ3) is 4.00. The van der Waals surface area contributed by atoms with Crippen LogP contribution in [0.1, 0.15) is 6.92 Å². The van der Waals surface area contributed by atoms with Crippen molar-refractivity contribution in [2.24, 2.45) is 5.92 Å². The zero-order valence-corrected chi connectivity index (χ0v) is 9.88. The summed E-state index contributed by atoms with van der Waals surface area (Å²) < 4.78 is 6.43. The average molecular weight is 262 g/mol. The molecule has 0 radical (unpaired) electrons. The van der Waals surface area contributed by atoms with Crippen LogP contribution in [0.25, 0.3) is 0 Å². The van der Waals surface area contributed by atoms with Gasteiger partial charge >= 0.3 is 0 Å². The summed E-state index contributed by atoms with van der Waals surface area (Å²) in [4.78, 5) is 4.00. The van der Waals surface area contributed by atoms with Crippen molar-refractivity contribution in [2.75, 3.05) is 12.4 Å². The van der Waals surface area contributed by atoms with E-state index >= 15 is 0 Å². The van der Waals surface area contributed by atoms with Crippen LogP contribution in [0.3, 0.4) is 0 Å². The van der Waals surface area contributed by atoms with Gasteiger partial charge < -0.3 is 4.74 Å². The van der Waals surface area contributed by atoms with Gasteiger partial charge in [-0.2, -0.15) is 12.6 Å². The van der Waals surface area contributed by atoms with Gasteiger partial charge in [-0.3, -0.25) is 4.98 Å². The summed E-state index contributed by atoms with van der Waals surface area (Å²) >= 11 is 7.51. The quantitative estimate of drug-likeness (QED) is 0.843. The van der Waals surface area contributed by atoms with Crippen LogP contribution in [0, 0.1) is 5.92 Å². The monoisotopic (exact) mass is 261 g/mol. The van der Waals surface area contributed by atoms with Crippen LogP contribution in [-0.2, 0) is 0 Å². The van der Waals surface area contributed by atoms with Crippen LogP contribution in [0.2, 0.25) is 0 Å².